The fourth-order valence-electron chi connectivity index (χ4n) is 1.37. The van der Waals surface area contributed by atoms with E-state index < -0.39 is 12.4 Å². The highest BCUT2D eigenvalue weighted by atomic mass is 19.4. The van der Waals surface area contributed by atoms with Crippen molar-refractivity contribution in [1.82, 2.24) is 0 Å². The first-order valence-corrected chi connectivity index (χ1v) is 5.49. The molecule has 0 aromatic heterocycles. The summed E-state index contributed by atoms with van der Waals surface area (Å²) >= 11 is 0. The van der Waals surface area contributed by atoms with Crippen molar-refractivity contribution < 1.29 is 22.4 Å². The van der Waals surface area contributed by atoms with Crippen molar-refractivity contribution >= 4 is 12.4 Å². The van der Waals surface area contributed by atoms with Crippen LogP contribution >= 0.6 is 0 Å². The second kappa shape index (κ2) is 5.84. The molecular weight excluding hydrogens is 232 g/mol. The van der Waals surface area contributed by atoms with Crippen molar-refractivity contribution in [1.29, 1.82) is 0 Å². The molecule has 0 atom stereocenters. The van der Waals surface area contributed by atoms with Crippen molar-refractivity contribution in [3.63, 3.8) is 0 Å². The number of rotatable bonds is 6. The second-order valence-corrected chi connectivity index (χ2v) is 3.68. The Kier molecular flexibility index (Phi) is 4.72. The number of methoxy groups -OCH3 is 1. The zero-order valence-corrected chi connectivity index (χ0v) is 9.88. The van der Waals surface area contributed by atoms with E-state index in [4.69, 9.17) is 9.47 Å². The molecule has 1 aromatic carbocycles. The van der Waals surface area contributed by atoms with E-state index in [2.05, 4.69) is 0 Å². The molecule has 0 bridgehead atoms. The predicted molar refractivity (Wildman–Crippen MR) is 62.1 cm³/mol. The molecule has 0 amide bonds. The summed E-state index contributed by atoms with van der Waals surface area (Å²) in [6.07, 6.45) is 1.61. The van der Waals surface area contributed by atoms with Crippen LogP contribution in [0.4, 0.5) is 12.9 Å². The molecule has 0 spiro atoms. The van der Waals surface area contributed by atoms with Gasteiger partial charge in [0.25, 0.3) is 0 Å². The van der Waals surface area contributed by atoms with Crippen LogP contribution in [-0.2, 0) is 0 Å². The Morgan fingerprint density at radius 2 is 1.94 bits per heavy atom. The van der Waals surface area contributed by atoms with Gasteiger partial charge < -0.3 is 22.4 Å². The molecule has 0 heterocycles. The topological polar surface area (TPSA) is 18.5 Å². The largest absolute Gasteiger partial charge is 0.513 e. The van der Waals surface area contributed by atoms with E-state index in [-0.39, 0.29) is 11.5 Å². The zero-order valence-electron chi connectivity index (χ0n) is 9.88. The number of hydrogen-bond acceptors (Lipinski definition) is 2. The molecule has 0 fully saturated rings. The van der Waals surface area contributed by atoms with Crippen LogP contribution in [0.2, 0.25) is 0 Å². The van der Waals surface area contributed by atoms with Crippen LogP contribution in [0.1, 0.15) is 19.8 Å². The van der Waals surface area contributed by atoms with Gasteiger partial charge in [0.05, 0.1) is 19.5 Å². The van der Waals surface area contributed by atoms with E-state index >= 15 is 0 Å². The van der Waals surface area contributed by atoms with E-state index in [0.717, 1.165) is 18.9 Å². The maximum Gasteiger partial charge on any atom is 0.513 e. The van der Waals surface area contributed by atoms with Crippen molar-refractivity contribution in [3.05, 3.63) is 18.2 Å². The molecule has 17 heavy (non-hydrogen) atoms. The van der Waals surface area contributed by atoms with Crippen LogP contribution in [0, 0.1) is 0 Å². The maximum atomic E-state index is 12.8. The van der Waals surface area contributed by atoms with Gasteiger partial charge in [-0.1, -0.05) is 18.8 Å². The summed E-state index contributed by atoms with van der Waals surface area (Å²) in [5, 5.41) is 0. The Hall–Kier alpha value is -1.33. The van der Waals surface area contributed by atoms with Crippen LogP contribution in [0.5, 0.6) is 11.5 Å². The monoisotopic (exact) mass is 247 g/mol. The lowest BCUT2D eigenvalue weighted by Crippen LogP contribution is -2.35. The van der Waals surface area contributed by atoms with E-state index in [9.17, 15) is 12.9 Å². The normalized spacial score (nSPS) is 11.4. The highest BCUT2D eigenvalue weighted by Gasteiger charge is 2.29. The molecule has 0 radical (unpaired) electrons. The zero-order chi connectivity index (χ0) is 12.9. The third-order valence-electron chi connectivity index (χ3n) is 2.33. The van der Waals surface area contributed by atoms with Crippen molar-refractivity contribution in [2.45, 2.75) is 19.8 Å². The number of benzene rings is 1. The Bertz CT molecular complexity index is 366. The summed E-state index contributed by atoms with van der Waals surface area (Å²) in [6.45, 7) is -2.85. The fourth-order valence-corrected chi connectivity index (χ4v) is 1.37. The standard InChI is InChI=1S/C11H15BF3O2/c1-3-4-7-17-11-6-5-9(16-2)8-10(11)12(13,14)15/h5-6,8H,3-4,7H2,1-2H3/q-1. The summed E-state index contributed by atoms with van der Waals surface area (Å²) in [7, 11) is 1.33. The lowest BCUT2D eigenvalue weighted by atomic mass is 9.79. The third kappa shape index (κ3) is 3.87. The second-order valence-electron chi connectivity index (χ2n) is 3.68. The summed E-state index contributed by atoms with van der Waals surface area (Å²) in [5.41, 5.74) is -0.736. The summed E-state index contributed by atoms with van der Waals surface area (Å²) in [6, 6.07) is 3.74. The average molecular weight is 247 g/mol. The van der Waals surface area contributed by atoms with Crippen molar-refractivity contribution in [2.75, 3.05) is 13.7 Å². The molecule has 0 N–H and O–H groups in total. The Morgan fingerprint density at radius 3 is 2.47 bits per heavy atom. The molecule has 2 nitrogen and oxygen atoms in total. The summed E-state index contributed by atoms with van der Waals surface area (Å²) < 4.78 is 48.3. The number of ether oxygens (including phenoxy) is 2. The smallest absolute Gasteiger partial charge is 0.497 e. The first kappa shape index (κ1) is 13.7. The highest BCUT2D eigenvalue weighted by Crippen LogP contribution is 2.22. The molecule has 6 heteroatoms. The van der Waals surface area contributed by atoms with Crippen molar-refractivity contribution in [2.24, 2.45) is 0 Å². The summed E-state index contributed by atoms with van der Waals surface area (Å²) in [4.78, 5) is 0. The van der Waals surface area contributed by atoms with Gasteiger partial charge in [-0.15, -0.1) is 0 Å². The first-order valence-electron chi connectivity index (χ1n) is 5.49. The van der Waals surface area contributed by atoms with Gasteiger partial charge in [0, 0.05) is 0 Å². The summed E-state index contributed by atoms with van der Waals surface area (Å²) in [5.74, 6) is 0.0637. The van der Waals surface area contributed by atoms with Gasteiger partial charge in [-0.25, -0.2) is 0 Å². The number of unbranched alkanes of at least 4 members (excludes halogenated alkanes) is 1. The Labute approximate surface area is 98.8 Å². The Balaban J connectivity index is 2.95. The molecule has 1 aromatic rings. The fraction of sp³-hybridized carbons (Fsp3) is 0.455. The van der Waals surface area contributed by atoms with Crippen LogP contribution < -0.4 is 14.9 Å². The molecule has 96 valence electrons. The lowest BCUT2D eigenvalue weighted by molar-refractivity contribution is 0.309. The van der Waals surface area contributed by atoms with Crippen LogP contribution in [0.3, 0.4) is 0 Å². The number of hydrogen-bond donors (Lipinski definition) is 0. The van der Waals surface area contributed by atoms with Crippen LogP contribution in [0.15, 0.2) is 18.2 Å². The molecule has 0 aliphatic rings. The minimum Gasteiger partial charge on any atom is -0.497 e. The predicted octanol–water partition coefficient (Wildman–Crippen LogP) is 2.93. The quantitative estimate of drug-likeness (QED) is 0.568. The van der Waals surface area contributed by atoms with Gasteiger partial charge in [0.15, 0.2) is 0 Å². The van der Waals surface area contributed by atoms with Gasteiger partial charge in [0.1, 0.15) is 5.75 Å². The Morgan fingerprint density at radius 1 is 1.24 bits per heavy atom. The van der Waals surface area contributed by atoms with Gasteiger partial charge in [0.2, 0.25) is 0 Å². The van der Waals surface area contributed by atoms with Gasteiger partial charge in [-0.2, -0.15) is 0 Å². The highest BCUT2D eigenvalue weighted by molar-refractivity contribution is 6.74. The molecule has 0 aliphatic carbocycles. The molecule has 0 aliphatic heterocycles. The van der Waals surface area contributed by atoms with Crippen molar-refractivity contribution in [3.8, 4) is 11.5 Å². The van der Waals surface area contributed by atoms with Crippen LogP contribution in [-0.4, -0.2) is 20.7 Å². The minimum absolute atomic E-state index is 0.119. The first-order chi connectivity index (χ1) is 7.99. The lowest BCUT2D eigenvalue weighted by Gasteiger charge is -2.20. The van der Waals surface area contributed by atoms with E-state index in [1.165, 1.54) is 19.2 Å². The third-order valence-corrected chi connectivity index (χ3v) is 2.33. The van der Waals surface area contributed by atoms with Crippen LogP contribution in [0.25, 0.3) is 0 Å². The molecule has 1 rings (SSSR count). The van der Waals surface area contributed by atoms with E-state index in [1.54, 1.807) is 0 Å². The SMILES string of the molecule is CCCCOc1ccc(OC)cc1[B-](F)(F)F. The molecule has 0 saturated carbocycles. The van der Waals surface area contributed by atoms with Gasteiger partial charge >= 0.3 is 6.98 Å². The maximum absolute atomic E-state index is 12.8. The molecule has 0 unspecified atom stereocenters. The molecule has 0 saturated heterocycles. The minimum atomic E-state index is -5.09. The van der Waals surface area contributed by atoms with Gasteiger partial charge in [-0.05, 0) is 24.6 Å². The van der Waals surface area contributed by atoms with E-state index in [0.29, 0.717) is 6.61 Å². The average Bonchev–Trinajstić information content (AvgIpc) is 2.28. The number of halogens is 3. The molecular formula is C11H15BF3O2-. The van der Waals surface area contributed by atoms with E-state index in [1.807, 2.05) is 6.92 Å². The van der Waals surface area contributed by atoms with Gasteiger partial charge in [-0.3, -0.25) is 0 Å².